The highest BCUT2D eigenvalue weighted by molar-refractivity contribution is 5.97. The summed E-state index contributed by atoms with van der Waals surface area (Å²) in [6, 6.07) is 7.06. The summed E-state index contributed by atoms with van der Waals surface area (Å²) >= 11 is 0. The zero-order valence-corrected chi connectivity index (χ0v) is 18.5. The summed E-state index contributed by atoms with van der Waals surface area (Å²) in [5, 5.41) is 2.80. The molecule has 1 saturated heterocycles. The zero-order valence-electron chi connectivity index (χ0n) is 18.5. The van der Waals surface area contributed by atoms with Gasteiger partial charge in [-0.05, 0) is 44.0 Å². The van der Waals surface area contributed by atoms with E-state index in [4.69, 9.17) is 5.73 Å². The number of unbranched alkanes of at least 4 members (excludes halogenated alkanes) is 1. The van der Waals surface area contributed by atoms with E-state index in [1.54, 1.807) is 41.0 Å². The number of carbonyl (C=O) groups is 2. The molecule has 32 heavy (non-hydrogen) atoms. The number of hydrogen-bond donors (Lipinski definition) is 3. The molecule has 172 valence electrons. The minimum atomic E-state index is -0.616. The number of rotatable bonds is 9. The molecule has 0 aliphatic carbocycles. The second-order valence-electron chi connectivity index (χ2n) is 7.76. The molecule has 0 unspecified atom stereocenters. The van der Waals surface area contributed by atoms with Crippen molar-refractivity contribution in [2.24, 2.45) is 0 Å². The largest absolute Gasteiger partial charge is 0.383 e. The Morgan fingerprint density at radius 1 is 1.19 bits per heavy atom. The second kappa shape index (κ2) is 10.2. The third-order valence-electron chi connectivity index (χ3n) is 5.52. The predicted octanol–water partition coefficient (Wildman–Crippen LogP) is 1.51. The Hall–Kier alpha value is -3.56. The molecule has 0 radical (unpaired) electrons. The van der Waals surface area contributed by atoms with Gasteiger partial charge in [0.15, 0.2) is 0 Å². The average Bonchev–Trinajstić information content (AvgIpc) is 3.19. The highest BCUT2D eigenvalue weighted by atomic mass is 16.2. The first kappa shape index (κ1) is 23.1. The highest BCUT2D eigenvalue weighted by Crippen LogP contribution is 2.23. The van der Waals surface area contributed by atoms with E-state index >= 15 is 0 Å². The van der Waals surface area contributed by atoms with Crippen LogP contribution in [-0.4, -0.2) is 41.0 Å². The SMILES string of the molecule is CCCCn1c(N)c(N(CC)CC(=O)Nc2ccc(N3CCCC3=O)cc2)c(=O)[nH]c1=O. The lowest BCUT2D eigenvalue weighted by Crippen LogP contribution is -2.41. The van der Waals surface area contributed by atoms with E-state index < -0.39 is 11.2 Å². The number of nitrogen functional groups attached to an aromatic ring is 1. The van der Waals surface area contributed by atoms with Gasteiger partial charge in [0.1, 0.15) is 11.5 Å². The standard InChI is InChI=1S/C22H30N6O4/c1-3-5-12-28-20(23)19(21(31)25-22(28)32)26(4-2)14-17(29)24-15-8-10-16(11-9-15)27-13-6-7-18(27)30/h8-11H,3-7,12-14,23H2,1-2H3,(H,24,29)(H,25,31,32). The first-order chi connectivity index (χ1) is 15.3. The van der Waals surface area contributed by atoms with Crippen LogP contribution < -0.4 is 32.1 Å². The molecule has 4 N–H and O–H groups in total. The Labute approximate surface area is 186 Å². The summed E-state index contributed by atoms with van der Waals surface area (Å²) in [5.41, 5.74) is 6.48. The number of nitrogens with zero attached hydrogens (tertiary/aromatic N) is 3. The molecule has 1 aliphatic heterocycles. The lowest BCUT2D eigenvalue weighted by Gasteiger charge is -2.24. The summed E-state index contributed by atoms with van der Waals surface area (Å²) in [5.74, 6) is -0.174. The van der Waals surface area contributed by atoms with Crippen LogP contribution in [0, 0.1) is 0 Å². The number of aromatic nitrogens is 2. The minimum Gasteiger partial charge on any atom is -0.383 e. The van der Waals surface area contributed by atoms with Crippen molar-refractivity contribution < 1.29 is 9.59 Å². The maximum atomic E-state index is 12.7. The number of amides is 2. The van der Waals surface area contributed by atoms with Crippen molar-refractivity contribution in [2.75, 3.05) is 40.5 Å². The molecule has 1 aromatic heterocycles. The number of nitrogens with two attached hydrogens (primary N) is 1. The minimum absolute atomic E-state index is 0.0569. The quantitative estimate of drug-likeness (QED) is 0.539. The summed E-state index contributed by atoms with van der Waals surface area (Å²) in [4.78, 5) is 54.7. The van der Waals surface area contributed by atoms with E-state index in [2.05, 4.69) is 10.3 Å². The van der Waals surface area contributed by atoms with Crippen LogP contribution in [0.25, 0.3) is 0 Å². The topological polar surface area (TPSA) is 134 Å². The van der Waals surface area contributed by atoms with Crippen LogP contribution in [0.15, 0.2) is 33.9 Å². The van der Waals surface area contributed by atoms with Gasteiger partial charge in [0.25, 0.3) is 5.56 Å². The monoisotopic (exact) mass is 442 g/mol. The van der Waals surface area contributed by atoms with Gasteiger partial charge in [-0.15, -0.1) is 0 Å². The van der Waals surface area contributed by atoms with Crippen molar-refractivity contribution >= 4 is 34.7 Å². The number of anilines is 4. The Morgan fingerprint density at radius 3 is 2.50 bits per heavy atom. The van der Waals surface area contributed by atoms with Crippen molar-refractivity contribution in [3.8, 4) is 0 Å². The van der Waals surface area contributed by atoms with Gasteiger partial charge >= 0.3 is 5.69 Å². The number of likely N-dealkylation sites (N-methyl/N-ethyl adjacent to an activating group) is 1. The van der Waals surface area contributed by atoms with E-state index in [0.717, 1.165) is 24.9 Å². The molecule has 1 aliphatic rings. The molecule has 0 saturated carbocycles. The number of hydrogen-bond acceptors (Lipinski definition) is 6. The van der Waals surface area contributed by atoms with E-state index in [9.17, 15) is 19.2 Å². The first-order valence-corrected chi connectivity index (χ1v) is 10.9. The number of carbonyl (C=O) groups excluding carboxylic acids is 2. The molecular weight excluding hydrogens is 412 g/mol. The van der Waals surface area contributed by atoms with Crippen LogP contribution in [0.1, 0.15) is 39.5 Å². The molecule has 1 aromatic carbocycles. The van der Waals surface area contributed by atoms with Crippen LogP contribution in [0.5, 0.6) is 0 Å². The van der Waals surface area contributed by atoms with E-state index in [-0.39, 0.29) is 29.9 Å². The summed E-state index contributed by atoms with van der Waals surface area (Å²) in [6.07, 6.45) is 3.00. The van der Waals surface area contributed by atoms with Gasteiger partial charge in [0, 0.05) is 37.4 Å². The molecule has 2 amide bonds. The lowest BCUT2D eigenvalue weighted by molar-refractivity contribution is -0.117. The van der Waals surface area contributed by atoms with Crippen LogP contribution >= 0.6 is 0 Å². The fourth-order valence-electron chi connectivity index (χ4n) is 3.79. The Morgan fingerprint density at radius 2 is 1.91 bits per heavy atom. The molecule has 10 heteroatoms. The molecule has 0 atom stereocenters. The lowest BCUT2D eigenvalue weighted by atomic mass is 10.2. The van der Waals surface area contributed by atoms with Gasteiger partial charge in [0.05, 0.1) is 6.54 Å². The third kappa shape index (κ3) is 5.01. The van der Waals surface area contributed by atoms with Crippen molar-refractivity contribution in [3.05, 3.63) is 45.1 Å². The van der Waals surface area contributed by atoms with Gasteiger partial charge in [-0.2, -0.15) is 0 Å². The van der Waals surface area contributed by atoms with Crippen LogP contribution in [0.4, 0.5) is 22.9 Å². The summed E-state index contributed by atoms with van der Waals surface area (Å²) in [6.45, 7) is 5.12. The zero-order chi connectivity index (χ0) is 23.3. The molecule has 0 bridgehead atoms. The number of benzene rings is 1. The molecule has 2 aromatic rings. The predicted molar refractivity (Wildman–Crippen MR) is 125 cm³/mol. The molecule has 0 spiro atoms. The molecular formula is C22H30N6O4. The van der Waals surface area contributed by atoms with E-state index in [1.165, 1.54) is 4.57 Å². The van der Waals surface area contributed by atoms with Gasteiger partial charge in [-0.3, -0.25) is 23.9 Å². The van der Waals surface area contributed by atoms with Crippen LogP contribution in [0.2, 0.25) is 0 Å². The Balaban J connectivity index is 1.73. The molecule has 3 rings (SSSR count). The third-order valence-corrected chi connectivity index (χ3v) is 5.52. The molecule has 10 nitrogen and oxygen atoms in total. The van der Waals surface area contributed by atoms with Crippen LogP contribution in [0.3, 0.4) is 0 Å². The number of nitrogens with one attached hydrogen (secondary N) is 2. The summed E-state index contributed by atoms with van der Waals surface area (Å²) < 4.78 is 1.33. The fraction of sp³-hybridized carbons (Fsp3) is 0.455. The molecule has 2 heterocycles. The number of H-pyrrole nitrogens is 1. The maximum Gasteiger partial charge on any atom is 0.330 e. The van der Waals surface area contributed by atoms with Crippen molar-refractivity contribution in [1.29, 1.82) is 0 Å². The smallest absolute Gasteiger partial charge is 0.330 e. The number of aromatic amines is 1. The van der Waals surface area contributed by atoms with Crippen molar-refractivity contribution in [2.45, 2.75) is 46.1 Å². The van der Waals surface area contributed by atoms with Gasteiger partial charge in [0.2, 0.25) is 11.8 Å². The maximum absolute atomic E-state index is 12.7. The first-order valence-electron chi connectivity index (χ1n) is 10.9. The fourth-order valence-corrected chi connectivity index (χ4v) is 3.79. The van der Waals surface area contributed by atoms with Gasteiger partial charge in [-0.1, -0.05) is 13.3 Å². The second-order valence-corrected chi connectivity index (χ2v) is 7.76. The van der Waals surface area contributed by atoms with Crippen LogP contribution in [-0.2, 0) is 16.1 Å². The van der Waals surface area contributed by atoms with Crippen molar-refractivity contribution in [1.82, 2.24) is 9.55 Å². The van der Waals surface area contributed by atoms with E-state index in [1.807, 2.05) is 6.92 Å². The van der Waals surface area contributed by atoms with Gasteiger partial charge in [-0.25, -0.2) is 4.79 Å². The van der Waals surface area contributed by atoms with E-state index in [0.29, 0.717) is 31.7 Å². The Bertz CT molecular complexity index is 1090. The van der Waals surface area contributed by atoms with Crippen molar-refractivity contribution in [3.63, 3.8) is 0 Å². The molecule has 1 fully saturated rings. The van der Waals surface area contributed by atoms with Gasteiger partial charge < -0.3 is 20.9 Å². The normalized spacial score (nSPS) is 13.4. The summed E-state index contributed by atoms with van der Waals surface area (Å²) in [7, 11) is 0. The highest BCUT2D eigenvalue weighted by Gasteiger charge is 2.22. The average molecular weight is 443 g/mol. The Kier molecular flexibility index (Phi) is 7.34.